The van der Waals surface area contributed by atoms with Crippen LogP contribution in [-0.2, 0) is 28.7 Å². The van der Waals surface area contributed by atoms with Crippen molar-refractivity contribution in [2.24, 2.45) is 0 Å². The number of hydrogen-bond acceptors (Lipinski definition) is 10. The second kappa shape index (κ2) is 17.2. The molecule has 1 aromatic carbocycles. The van der Waals surface area contributed by atoms with Crippen LogP contribution in [0.2, 0.25) is 0 Å². The summed E-state index contributed by atoms with van der Waals surface area (Å²) in [6.45, 7) is 7.82. The van der Waals surface area contributed by atoms with E-state index in [4.69, 9.17) is 14.2 Å². The molecule has 5 amide bonds. The van der Waals surface area contributed by atoms with Gasteiger partial charge in [0.05, 0.1) is 12.1 Å². The van der Waals surface area contributed by atoms with Crippen LogP contribution in [0, 0.1) is 5.82 Å². The van der Waals surface area contributed by atoms with E-state index in [0.29, 0.717) is 24.8 Å². The maximum atomic E-state index is 14.4. The van der Waals surface area contributed by atoms with Crippen molar-refractivity contribution in [2.45, 2.75) is 96.4 Å². The van der Waals surface area contributed by atoms with E-state index in [9.17, 15) is 33.2 Å². The highest BCUT2D eigenvalue weighted by atomic mass is 19.1. The summed E-state index contributed by atoms with van der Waals surface area (Å²) in [5.41, 5.74) is -0.902. The van der Waals surface area contributed by atoms with E-state index < -0.39 is 59.9 Å². The van der Waals surface area contributed by atoms with Gasteiger partial charge in [0.2, 0.25) is 11.8 Å². The fraction of sp³-hybridized carbons (Fsp3) is 0.595. The molecule has 3 heterocycles. The van der Waals surface area contributed by atoms with Crippen LogP contribution in [-0.4, -0.2) is 125 Å². The zero-order valence-corrected chi connectivity index (χ0v) is 30.8. The lowest BCUT2D eigenvalue weighted by molar-refractivity contribution is -0.155. The van der Waals surface area contributed by atoms with E-state index in [0.717, 1.165) is 25.3 Å². The summed E-state index contributed by atoms with van der Waals surface area (Å²) in [6, 6.07) is 3.41. The summed E-state index contributed by atoms with van der Waals surface area (Å²) in [7, 11) is 0. The molecule has 2 saturated heterocycles. The van der Waals surface area contributed by atoms with E-state index in [2.05, 4.69) is 15.6 Å². The van der Waals surface area contributed by atoms with Crippen LogP contribution >= 0.6 is 0 Å². The van der Waals surface area contributed by atoms with Gasteiger partial charge in [-0.25, -0.2) is 14.2 Å². The fourth-order valence-electron chi connectivity index (χ4n) is 6.50. The van der Waals surface area contributed by atoms with Crippen molar-refractivity contribution < 1.29 is 47.4 Å². The number of nitrogens with one attached hydrogen (secondary N) is 2. The summed E-state index contributed by atoms with van der Waals surface area (Å²) in [5, 5.41) is 6.04. The molecule has 3 aliphatic rings. The Morgan fingerprint density at radius 2 is 1.68 bits per heavy atom. The van der Waals surface area contributed by atoms with Gasteiger partial charge in [-0.3, -0.25) is 24.0 Å². The lowest BCUT2D eigenvalue weighted by atomic mass is 9.93. The molecule has 16 heteroatoms. The first kappa shape index (κ1) is 39.2. The van der Waals surface area contributed by atoms with Crippen LogP contribution < -0.4 is 15.4 Å². The number of pyridine rings is 1. The second-order valence-electron chi connectivity index (χ2n) is 14.5. The Morgan fingerprint density at radius 1 is 0.962 bits per heavy atom. The van der Waals surface area contributed by atoms with E-state index >= 15 is 0 Å². The van der Waals surface area contributed by atoms with Gasteiger partial charge in [-0.05, 0) is 78.4 Å². The minimum atomic E-state index is -1.18. The lowest BCUT2D eigenvalue weighted by Gasteiger charge is -2.36. The Labute approximate surface area is 307 Å². The number of benzene rings is 1. The fourth-order valence-corrected chi connectivity index (χ4v) is 6.50. The molecule has 2 atom stereocenters. The summed E-state index contributed by atoms with van der Waals surface area (Å²) >= 11 is 0. The molecule has 0 radical (unpaired) electrons. The van der Waals surface area contributed by atoms with Crippen LogP contribution in [0.5, 0.6) is 5.75 Å². The number of halogens is 1. The average Bonchev–Trinajstić information content (AvgIpc) is 3.59. The van der Waals surface area contributed by atoms with Gasteiger partial charge >= 0.3 is 12.1 Å². The molecule has 2 aliphatic heterocycles. The Hall–Kier alpha value is -5.02. The lowest BCUT2D eigenvalue weighted by Crippen LogP contribution is -2.56. The van der Waals surface area contributed by atoms with E-state index in [1.54, 1.807) is 27.7 Å². The number of rotatable bonds is 12. The van der Waals surface area contributed by atoms with Crippen LogP contribution in [0.15, 0.2) is 24.3 Å². The number of esters is 1. The zero-order chi connectivity index (χ0) is 38.3. The van der Waals surface area contributed by atoms with Crippen LogP contribution in [0.4, 0.5) is 9.18 Å². The van der Waals surface area contributed by atoms with Gasteiger partial charge in [-0.15, -0.1) is 0 Å². The van der Waals surface area contributed by atoms with Crippen LogP contribution in [0.25, 0.3) is 10.9 Å². The average molecular weight is 741 g/mol. The number of hydrogen-bond donors (Lipinski definition) is 2. The topological polar surface area (TPSA) is 177 Å². The highest BCUT2D eigenvalue weighted by molar-refractivity contribution is 5.99. The van der Waals surface area contributed by atoms with Crippen molar-refractivity contribution in [3.05, 3.63) is 35.8 Å². The van der Waals surface area contributed by atoms with Gasteiger partial charge in [0, 0.05) is 62.7 Å². The Kier molecular flexibility index (Phi) is 12.7. The molecule has 1 aromatic heterocycles. The SMILES string of the molecule is CCOC(=O)N1CCN(C(=O)C(CCC(=O)OC(C)(C)C)NC(=O)c2cc(OCC(=O)N3CCCC3C(=O)NC3CCC3)c3ccc(F)cc3n2)CC1. The van der Waals surface area contributed by atoms with E-state index in [1.165, 1.54) is 32.9 Å². The molecule has 2 N–H and O–H groups in total. The van der Waals surface area contributed by atoms with Gasteiger partial charge in [0.25, 0.3) is 11.8 Å². The quantitative estimate of drug-likeness (QED) is 0.308. The molecule has 15 nitrogen and oxygen atoms in total. The summed E-state index contributed by atoms with van der Waals surface area (Å²) in [4.78, 5) is 87.5. The molecule has 0 spiro atoms. The molecule has 2 aromatic rings. The number of carbonyl (C=O) groups excluding carboxylic acids is 6. The van der Waals surface area contributed by atoms with Crippen molar-refractivity contribution in [3.63, 3.8) is 0 Å². The van der Waals surface area contributed by atoms with Gasteiger partial charge < -0.3 is 39.5 Å². The molecule has 1 aliphatic carbocycles. The van der Waals surface area contributed by atoms with Crippen molar-refractivity contribution >= 4 is 46.6 Å². The number of nitrogens with zero attached hydrogens (tertiary/aromatic N) is 4. The highest BCUT2D eigenvalue weighted by Gasteiger charge is 2.36. The number of fused-ring (bicyclic) bond motifs is 1. The molecular weight excluding hydrogens is 691 g/mol. The third-order valence-corrected chi connectivity index (χ3v) is 9.42. The third-order valence-electron chi connectivity index (χ3n) is 9.42. The zero-order valence-electron chi connectivity index (χ0n) is 30.8. The molecule has 3 fully saturated rings. The molecule has 0 bridgehead atoms. The van der Waals surface area contributed by atoms with Crippen molar-refractivity contribution in [3.8, 4) is 5.75 Å². The largest absolute Gasteiger partial charge is 0.483 e. The van der Waals surface area contributed by atoms with Crippen molar-refractivity contribution in [1.82, 2.24) is 30.3 Å². The highest BCUT2D eigenvalue weighted by Crippen LogP contribution is 2.28. The van der Waals surface area contributed by atoms with Gasteiger partial charge in [0.1, 0.15) is 34.9 Å². The van der Waals surface area contributed by atoms with Gasteiger partial charge in [-0.2, -0.15) is 0 Å². The first-order valence-corrected chi connectivity index (χ1v) is 18.3. The number of likely N-dealkylation sites (tertiary alicyclic amines) is 1. The second-order valence-corrected chi connectivity index (χ2v) is 14.5. The van der Waals surface area contributed by atoms with Crippen LogP contribution in [0.3, 0.4) is 0 Å². The maximum Gasteiger partial charge on any atom is 0.409 e. The first-order chi connectivity index (χ1) is 25.2. The van der Waals surface area contributed by atoms with Crippen molar-refractivity contribution in [2.75, 3.05) is 45.9 Å². The number of amides is 5. The predicted molar refractivity (Wildman–Crippen MR) is 189 cm³/mol. The summed E-state index contributed by atoms with van der Waals surface area (Å²) in [5.74, 6) is -2.96. The molecule has 5 rings (SSSR count). The summed E-state index contributed by atoms with van der Waals surface area (Å²) < 4.78 is 30.8. The molecule has 288 valence electrons. The van der Waals surface area contributed by atoms with Crippen LogP contribution in [0.1, 0.15) is 83.1 Å². The monoisotopic (exact) mass is 740 g/mol. The number of ether oxygens (including phenoxy) is 3. The smallest absolute Gasteiger partial charge is 0.409 e. The number of carbonyl (C=O) groups is 6. The Balaban J connectivity index is 1.32. The molecule has 1 saturated carbocycles. The summed E-state index contributed by atoms with van der Waals surface area (Å²) in [6.07, 6.45) is 3.37. The third kappa shape index (κ3) is 10.3. The number of piperazine rings is 1. The van der Waals surface area contributed by atoms with E-state index in [1.807, 2.05) is 0 Å². The normalized spacial score (nSPS) is 18.2. The van der Waals surface area contributed by atoms with Gasteiger partial charge in [-0.1, -0.05) is 0 Å². The molecule has 2 unspecified atom stereocenters. The van der Waals surface area contributed by atoms with Crippen molar-refractivity contribution in [1.29, 1.82) is 0 Å². The standard InChI is InChI=1S/C37H49FN6O9/c1-5-51-36(50)43-18-16-42(17-19-43)35(49)26(13-14-32(46)53-37(2,3)4)41-33(47)28-21-30(25-12-11-23(38)20-27(25)40-28)52-22-31(45)44-15-7-10-29(44)34(48)39-24-8-6-9-24/h11-12,20-21,24,26,29H,5-10,13-19,22H2,1-4H3,(H,39,48)(H,41,47). The molecular formula is C37H49FN6O9. The number of aromatic nitrogens is 1. The minimum Gasteiger partial charge on any atom is -0.483 e. The maximum absolute atomic E-state index is 14.4. The van der Waals surface area contributed by atoms with Gasteiger partial charge in [0.15, 0.2) is 6.61 Å². The predicted octanol–water partition coefficient (Wildman–Crippen LogP) is 2.93. The Morgan fingerprint density at radius 3 is 2.34 bits per heavy atom. The van der Waals surface area contributed by atoms with E-state index in [-0.39, 0.29) is 74.5 Å². The molecule has 53 heavy (non-hydrogen) atoms. The first-order valence-electron chi connectivity index (χ1n) is 18.3. The Bertz CT molecular complexity index is 1700. The minimum absolute atomic E-state index is 0.0748.